The van der Waals surface area contributed by atoms with E-state index in [1.807, 2.05) is 7.05 Å². The average molecular weight is 444 g/mol. The van der Waals surface area contributed by atoms with E-state index in [1.54, 1.807) is 0 Å². The van der Waals surface area contributed by atoms with Crippen LogP contribution < -0.4 is 4.90 Å². The van der Waals surface area contributed by atoms with Crippen LogP contribution in [0.1, 0.15) is 19.3 Å². The second-order valence-electron chi connectivity index (χ2n) is 6.28. The van der Waals surface area contributed by atoms with Crippen LogP contribution >= 0.6 is 15.9 Å². The number of nitrogens with zero attached hydrogens (tertiary/aromatic N) is 3. The molecule has 0 aromatic heterocycles. The number of benzene rings is 1. The van der Waals surface area contributed by atoms with E-state index in [9.17, 15) is 18.5 Å². The number of terminal acetylenes is 1. The largest absolute Gasteiger partial charge is 0.306 e. The van der Waals surface area contributed by atoms with Crippen molar-refractivity contribution in [2.45, 2.75) is 29.4 Å². The van der Waals surface area contributed by atoms with Crippen molar-refractivity contribution in [1.82, 2.24) is 4.90 Å². The van der Waals surface area contributed by atoms with Crippen LogP contribution in [0.3, 0.4) is 0 Å². The number of hydrogen-bond donors (Lipinski definition) is 0. The van der Waals surface area contributed by atoms with Gasteiger partial charge < -0.3 is 4.90 Å². The Morgan fingerprint density at radius 2 is 2.15 bits per heavy atom. The van der Waals surface area contributed by atoms with E-state index in [0.717, 1.165) is 19.0 Å². The van der Waals surface area contributed by atoms with E-state index in [-0.39, 0.29) is 10.6 Å². The van der Waals surface area contributed by atoms with Crippen molar-refractivity contribution in [2.24, 2.45) is 0 Å². The first-order valence-corrected chi connectivity index (χ1v) is 11.0. The van der Waals surface area contributed by atoms with Gasteiger partial charge in [0.05, 0.1) is 20.8 Å². The molecule has 1 aromatic rings. The van der Waals surface area contributed by atoms with Crippen LogP contribution in [0.5, 0.6) is 0 Å². The molecule has 142 valence electrons. The van der Waals surface area contributed by atoms with Gasteiger partial charge in [0.1, 0.15) is 0 Å². The van der Waals surface area contributed by atoms with Gasteiger partial charge in [0.25, 0.3) is 5.69 Å². The molecule has 1 aliphatic rings. The molecule has 2 rings (SSSR count). The van der Waals surface area contributed by atoms with Crippen molar-refractivity contribution in [2.75, 3.05) is 36.9 Å². The molecule has 1 unspecified atom stereocenters. The third-order valence-corrected chi connectivity index (χ3v) is 7.20. The number of anilines is 1. The summed E-state index contributed by atoms with van der Waals surface area (Å²) in [5.74, 6) is 0. The first kappa shape index (κ1) is 20.7. The third kappa shape index (κ3) is 4.55. The van der Waals surface area contributed by atoms with E-state index < -0.39 is 20.0 Å². The Labute approximate surface area is 162 Å². The number of likely N-dealkylation sites (tertiary alicyclic amines) is 1. The highest BCUT2D eigenvalue weighted by Crippen LogP contribution is 2.34. The summed E-state index contributed by atoms with van der Waals surface area (Å²) < 4.78 is 26.6. The van der Waals surface area contributed by atoms with Crippen molar-refractivity contribution < 1.29 is 13.3 Å². The highest BCUT2D eigenvalue weighted by Gasteiger charge is 2.33. The lowest BCUT2D eigenvalue weighted by Crippen LogP contribution is -2.27. The molecular formula is C17H22BrN3O4S. The predicted molar refractivity (Wildman–Crippen MR) is 105 cm³/mol. The topological polar surface area (TPSA) is 83.8 Å². The number of alkyl halides is 1. The van der Waals surface area contributed by atoms with Gasteiger partial charge in [0, 0.05) is 30.1 Å². The highest BCUT2D eigenvalue weighted by atomic mass is 79.9. The number of rotatable bonds is 6. The second-order valence-corrected chi connectivity index (χ2v) is 9.27. The lowest BCUT2D eigenvalue weighted by Gasteiger charge is -2.23. The van der Waals surface area contributed by atoms with Gasteiger partial charge in [0.2, 0.25) is 0 Å². The first-order valence-electron chi connectivity index (χ1n) is 8.32. The Morgan fingerprint density at radius 3 is 2.77 bits per heavy atom. The molecule has 0 radical (unpaired) electrons. The standard InChI is InChI=1S/C17H22BrN3O4S/c1-3-20(12-9-18)16-7-6-14(21(22)23)13-17(16)26(24,25)15-5-4-10-19(2)11-8-15/h1,6-7,13,15H,4-5,8-12H2,2H3. The number of nitro groups is 1. The maximum absolute atomic E-state index is 13.3. The van der Waals surface area contributed by atoms with E-state index >= 15 is 0 Å². The van der Waals surface area contributed by atoms with Gasteiger partial charge in [-0.2, -0.15) is 0 Å². The summed E-state index contributed by atoms with van der Waals surface area (Å²) in [5, 5.41) is 11.1. The first-order chi connectivity index (χ1) is 12.3. The van der Waals surface area contributed by atoms with Gasteiger partial charge in [-0.3, -0.25) is 15.0 Å². The van der Waals surface area contributed by atoms with Gasteiger partial charge >= 0.3 is 0 Å². The molecule has 26 heavy (non-hydrogen) atoms. The third-order valence-electron chi connectivity index (χ3n) is 4.55. The number of halogens is 1. The van der Waals surface area contributed by atoms with Gasteiger partial charge in [-0.15, -0.1) is 0 Å². The second kappa shape index (κ2) is 8.84. The smallest absolute Gasteiger partial charge is 0.270 e. The molecule has 1 aliphatic heterocycles. The fourth-order valence-electron chi connectivity index (χ4n) is 3.11. The molecule has 0 bridgehead atoms. The van der Waals surface area contributed by atoms with Crippen LogP contribution in [-0.4, -0.2) is 55.5 Å². The van der Waals surface area contributed by atoms with Gasteiger partial charge in [-0.1, -0.05) is 22.4 Å². The SMILES string of the molecule is C#CN(CCBr)c1ccc([N+](=O)[O-])cc1S(=O)(=O)C1CCCN(C)CC1. The molecule has 9 heteroatoms. The zero-order chi connectivity index (χ0) is 19.3. The van der Waals surface area contributed by atoms with E-state index in [4.69, 9.17) is 6.42 Å². The number of hydrogen-bond acceptors (Lipinski definition) is 6. The zero-order valence-electron chi connectivity index (χ0n) is 14.6. The zero-order valence-corrected chi connectivity index (χ0v) is 17.0. The van der Waals surface area contributed by atoms with Crippen molar-refractivity contribution in [1.29, 1.82) is 0 Å². The summed E-state index contributed by atoms with van der Waals surface area (Å²) in [4.78, 5) is 14.1. The lowest BCUT2D eigenvalue weighted by molar-refractivity contribution is -0.385. The van der Waals surface area contributed by atoms with Crippen molar-refractivity contribution >= 4 is 37.1 Å². The maximum atomic E-state index is 13.3. The molecule has 1 aromatic carbocycles. The summed E-state index contributed by atoms with van der Waals surface area (Å²) in [6.07, 6.45) is 7.34. The van der Waals surface area contributed by atoms with Crippen molar-refractivity contribution in [3.05, 3.63) is 28.3 Å². The molecule has 0 N–H and O–H groups in total. The van der Waals surface area contributed by atoms with Crippen LogP contribution in [0.25, 0.3) is 0 Å². The number of non-ortho nitro benzene ring substituents is 1. The summed E-state index contributed by atoms with van der Waals surface area (Å²) in [5.41, 5.74) is 0.0593. The summed E-state index contributed by atoms with van der Waals surface area (Å²) in [7, 11) is -1.79. The quantitative estimate of drug-likeness (QED) is 0.221. The fraction of sp³-hybridized carbons (Fsp3) is 0.529. The molecule has 1 heterocycles. The average Bonchev–Trinajstić information content (AvgIpc) is 2.84. The van der Waals surface area contributed by atoms with Crippen LogP contribution in [0.15, 0.2) is 23.1 Å². The molecule has 0 spiro atoms. The Kier molecular flexibility index (Phi) is 7.03. The van der Waals surface area contributed by atoms with E-state index in [0.29, 0.717) is 36.9 Å². The normalized spacial score (nSPS) is 18.7. The minimum atomic E-state index is -3.75. The minimum Gasteiger partial charge on any atom is -0.306 e. The van der Waals surface area contributed by atoms with E-state index in [1.165, 1.54) is 17.0 Å². The molecule has 1 fully saturated rings. The molecule has 1 saturated heterocycles. The van der Waals surface area contributed by atoms with Gasteiger partial charge in [0.15, 0.2) is 9.84 Å². The van der Waals surface area contributed by atoms with Crippen LogP contribution in [-0.2, 0) is 9.84 Å². The summed E-state index contributed by atoms with van der Waals surface area (Å²) in [6, 6.07) is 6.31. The maximum Gasteiger partial charge on any atom is 0.270 e. The Balaban J connectivity index is 2.54. The monoisotopic (exact) mass is 443 g/mol. The fourth-order valence-corrected chi connectivity index (χ4v) is 5.47. The molecular weight excluding hydrogens is 422 g/mol. The Bertz CT molecular complexity index is 807. The minimum absolute atomic E-state index is 0.0554. The van der Waals surface area contributed by atoms with Crippen LogP contribution in [0.2, 0.25) is 0 Å². The van der Waals surface area contributed by atoms with Crippen LogP contribution in [0.4, 0.5) is 11.4 Å². The van der Waals surface area contributed by atoms with Crippen molar-refractivity contribution in [3.8, 4) is 12.5 Å². The summed E-state index contributed by atoms with van der Waals surface area (Å²) in [6.45, 7) is 1.91. The molecule has 0 saturated carbocycles. The predicted octanol–water partition coefficient (Wildman–Crippen LogP) is 2.64. The molecule has 0 amide bonds. The molecule has 7 nitrogen and oxygen atoms in total. The summed E-state index contributed by atoms with van der Waals surface area (Å²) >= 11 is 3.29. The molecule has 1 atom stereocenters. The van der Waals surface area contributed by atoms with Gasteiger partial charge in [-0.05, 0) is 45.5 Å². The van der Waals surface area contributed by atoms with Crippen LogP contribution in [0, 0.1) is 22.6 Å². The number of sulfone groups is 1. The number of nitro benzene ring substituents is 1. The Morgan fingerprint density at radius 1 is 1.42 bits per heavy atom. The highest BCUT2D eigenvalue weighted by molar-refractivity contribution is 9.09. The van der Waals surface area contributed by atoms with E-state index in [2.05, 4.69) is 26.9 Å². The Hall–Kier alpha value is -1.63. The van der Waals surface area contributed by atoms with Gasteiger partial charge in [-0.25, -0.2) is 8.42 Å². The molecule has 0 aliphatic carbocycles. The lowest BCUT2D eigenvalue weighted by atomic mass is 10.2. The van der Waals surface area contributed by atoms with Crippen molar-refractivity contribution in [3.63, 3.8) is 0 Å².